The van der Waals surface area contributed by atoms with E-state index in [0.29, 0.717) is 11.5 Å². The molecule has 1 saturated carbocycles. The summed E-state index contributed by atoms with van der Waals surface area (Å²) >= 11 is 0. The molecule has 9 heavy (non-hydrogen) atoms. The van der Waals surface area contributed by atoms with Gasteiger partial charge in [-0.2, -0.15) is 0 Å². The van der Waals surface area contributed by atoms with Gasteiger partial charge in [0.2, 0.25) is 0 Å². The smallest absolute Gasteiger partial charge is 0.00902 e. The molecule has 0 aromatic carbocycles. The van der Waals surface area contributed by atoms with Crippen LogP contribution < -0.4 is 5.73 Å². The van der Waals surface area contributed by atoms with E-state index in [9.17, 15) is 0 Å². The molecule has 1 atom stereocenters. The maximum Gasteiger partial charge on any atom is 0.00902 e. The fourth-order valence-electron chi connectivity index (χ4n) is 1.35. The first-order chi connectivity index (χ1) is 3.63. The molecule has 0 amide bonds. The topological polar surface area (TPSA) is 26.0 Å². The van der Waals surface area contributed by atoms with Crippen LogP contribution in [-0.4, -0.2) is 6.04 Å². The summed E-state index contributed by atoms with van der Waals surface area (Å²) in [6.07, 6.45) is 3.87. The number of hydrogen-bond acceptors (Lipinski definition) is 1. The molecule has 2 N–H and O–H groups in total. The van der Waals surface area contributed by atoms with E-state index in [1.807, 2.05) is 0 Å². The van der Waals surface area contributed by atoms with Crippen LogP contribution in [0.2, 0.25) is 0 Å². The van der Waals surface area contributed by atoms with Gasteiger partial charge in [-0.3, -0.25) is 0 Å². The molecule has 0 radical (unpaired) electrons. The molecule has 1 aliphatic carbocycles. The third-order valence-corrected chi connectivity index (χ3v) is 2.34. The van der Waals surface area contributed by atoms with Gasteiger partial charge in [0.05, 0.1) is 0 Å². The Kier molecular flexibility index (Phi) is 2.97. The molecule has 0 bridgehead atoms. The summed E-state index contributed by atoms with van der Waals surface area (Å²) in [6.45, 7) is 4.51. The number of nitrogens with two attached hydrogens (primary N) is 1. The lowest BCUT2D eigenvalue weighted by Crippen LogP contribution is -2.31. The van der Waals surface area contributed by atoms with E-state index in [4.69, 9.17) is 5.73 Å². The van der Waals surface area contributed by atoms with Crippen molar-refractivity contribution in [1.29, 1.82) is 0 Å². The molecule has 2 heteroatoms. The van der Waals surface area contributed by atoms with Crippen LogP contribution in [0.5, 0.6) is 0 Å². The molecule has 0 heterocycles. The molecule has 56 valence electrons. The van der Waals surface area contributed by atoms with Gasteiger partial charge in [0.25, 0.3) is 0 Å². The Morgan fingerprint density at radius 2 is 2.00 bits per heavy atom. The second-order valence-electron chi connectivity index (χ2n) is 3.49. The number of halogens is 1. The molecule has 0 aliphatic heterocycles. The number of rotatable bonds is 0. The Hall–Kier alpha value is 0.250. The number of hydrogen-bond donors (Lipinski definition) is 1. The Morgan fingerprint density at radius 1 is 1.44 bits per heavy atom. The van der Waals surface area contributed by atoms with Gasteiger partial charge in [0.1, 0.15) is 0 Å². The van der Waals surface area contributed by atoms with Crippen molar-refractivity contribution in [3.05, 3.63) is 0 Å². The quantitative estimate of drug-likeness (QED) is 0.560. The van der Waals surface area contributed by atoms with Crippen molar-refractivity contribution in [2.45, 2.75) is 39.2 Å². The third kappa shape index (κ3) is 1.84. The molecular formula is C7H16ClN. The van der Waals surface area contributed by atoms with Gasteiger partial charge in [-0.25, -0.2) is 0 Å². The first kappa shape index (κ1) is 9.25. The van der Waals surface area contributed by atoms with Crippen LogP contribution in [-0.2, 0) is 0 Å². The summed E-state index contributed by atoms with van der Waals surface area (Å²) in [6, 6.07) is 0.461. The fraction of sp³-hybridized carbons (Fsp3) is 1.00. The molecule has 0 aromatic rings. The molecule has 1 fully saturated rings. The summed E-state index contributed by atoms with van der Waals surface area (Å²) in [4.78, 5) is 0. The van der Waals surface area contributed by atoms with Crippen molar-refractivity contribution >= 4 is 12.4 Å². The summed E-state index contributed by atoms with van der Waals surface area (Å²) < 4.78 is 0. The van der Waals surface area contributed by atoms with Gasteiger partial charge in [0, 0.05) is 6.04 Å². The van der Waals surface area contributed by atoms with Gasteiger partial charge in [0.15, 0.2) is 0 Å². The molecule has 1 aliphatic rings. The Labute approximate surface area is 63.4 Å². The van der Waals surface area contributed by atoms with E-state index in [-0.39, 0.29) is 12.4 Å². The van der Waals surface area contributed by atoms with Crippen molar-refractivity contribution in [2.24, 2.45) is 11.1 Å². The second kappa shape index (κ2) is 2.89. The van der Waals surface area contributed by atoms with Crippen molar-refractivity contribution in [1.82, 2.24) is 0 Å². The predicted molar refractivity (Wildman–Crippen MR) is 42.9 cm³/mol. The lowest BCUT2D eigenvalue weighted by molar-refractivity contribution is 0.332. The minimum absolute atomic E-state index is 0. The van der Waals surface area contributed by atoms with Crippen LogP contribution in [0.25, 0.3) is 0 Å². The monoisotopic (exact) mass is 149 g/mol. The van der Waals surface area contributed by atoms with Crippen LogP contribution >= 0.6 is 12.4 Å². The highest BCUT2D eigenvalue weighted by atomic mass is 35.5. The summed E-state index contributed by atoms with van der Waals surface area (Å²) in [5.74, 6) is 0. The highest BCUT2D eigenvalue weighted by Gasteiger charge is 2.30. The van der Waals surface area contributed by atoms with Crippen LogP contribution in [0.15, 0.2) is 0 Å². The Balaban J connectivity index is 0.000000640. The fourth-order valence-corrected chi connectivity index (χ4v) is 1.35. The molecule has 0 spiro atoms. The van der Waals surface area contributed by atoms with Gasteiger partial charge in [-0.15, -0.1) is 12.4 Å². The Bertz CT molecular complexity index is 90.9. The van der Waals surface area contributed by atoms with Crippen LogP contribution in [0.3, 0.4) is 0 Å². The maximum absolute atomic E-state index is 5.81. The molecule has 1 rings (SSSR count). The van der Waals surface area contributed by atoms with Crippen molar-refractivity contribution in [2.75, 3.05) is 0 Å². The van der Waals surface area contributed by atoms with E-state index in [2.05, 4.69) is 13.8 Å². The highest BCUT2D eigenvalue weighted by molar-refractivity contribution is 5.85. The van der Waals surface area contributed by atoms with E-state index >= 15 is 0 Å². The van der Waals surface area contributed by atoms with E-state index < -0.39 is 0 Å². The van der Waals surface area contributed by atoms with E-state index in [1.165, 1.54) is 19.3 Å². The lowest BCUT2D eigenvalue weighted by atomic mass is 9.88. The van der Waals surface area contributed by atoms with Crippen LogP contribution in [0.1, 0.15) is 33.1 Å². The SMILES string of the molecule is CC1(C)CCCC1N.Cl. The van der Waals surface area contributed by atoms with Gasteiger partial charge in [-0.1, -0.05) is 20.3 Å². The summed E-state index contributed by atoms with van der Waals surface area (Å²) in [5, 5.41) is 0. The van der Waals surface area contributed by atoms with Crippen molar-refractivity contribution in [3.63, 3.8) is 0 Å². The summed E-state index contributed by atoms with van der Waals surface area (Å²) in [5.41, 5.74) is 6.24. The zero-order chi connectivity index (χ0) is 6.20. The molecule has 1 nitrogen and oxygen atoms in total. The van der Waals surface area contributed by atoms with Gasteiger partial charge >= 0.3 is 0 Å². The first-order valence-corrected chi connectivity index (χ1v) is 3.38. The zero-order valence-corrected chi connectivity index (χ0v) is 7.00. The maximum atomic E-state index is 5.81. The second-order valence-corrected chi connectivity index (χ2v) is 3.49. The largest absolute Gasteiger partial charge is 0.327 e. The molecule has 0 saturated heterocycles. The van der Waals surface area contributed by atoms with E-state index in [0.717, 1.165) is 0 Å². The third-order valence-electron chi connectivity index (χ3n) is 2.34. The zero-order valence-electron chi connectivity index (χ0n) is 6.18. The van der Waals surface area contributed by atoms with Crippen LogP contribution in [0.4, 0.5) is 0 Å². The minimum atomic E-state index is 0. The van der Waals surface area contributed by atoms with Crippen molar-refractivity contribution < 1.29 is 0 Å². The predicted octanol–water partition coefficient (Wildman–Crippen LogP) is 1.95. The highest BCUT2D eigenvalue weighted by Crippen LogP contribution is 2.35. The molecule has 1 unspecified atom stereocenters. The summed E-state index contributed by atoms with van der Waals surface area (Å²) in [7, 11) is 0. The average molecular weight is 150 g/mol. The molecular weight excluding hydrogens is 134 g/mol. The van der Waals surface area contributed by atoms with E-state index in [1.54, 1.807) is 0 Å². The Morgan fingerprint density at radius 3 is 2.11 bits per heavy atom. The van der Waals surface area contributed by atoms with Crippen molar-refractivity contribution in [3.8, 4) is 0 Å². The minimum Gasteiger partial charge on any atom is -0.327 e. The molecule has 0 aromatic heterocycles. The lowest BCUT2D eigenvalue weighted by Gasteiger charge is -2.22. The first-order valence-electron chi connectivity index (χ1n) is 3.38. The average Bonchev–Trinajstić information content (AvgIpc) is 1.86. The van der Waals surface area contributed by atoms with Gasteiger partial charge in [-0.05, 0) is 18.3 Å². The normalized spacial score (nSPS) is 31.7. The standard InChI is InChI=1S/C7H15N.ClH/c1-7(2)5-3-4-6(7)8;/h6H,3-5,8H2,1-2H3;1H. The van der Waals surface area contributed by atoms with Crippen LogP contribution in [0, 0.1) is 5.41 Å². The van der Waals surface area contributed by atoms with Gasteiger partial charge < -0.3 is 5.73 Å².